The van der Waals surface area contributed by atoms with E-state index in [1.54, 1.807) is 6.26 Å². The van der Waals surface area contributed by atoms with Crippen molar-refractivity contribution in [3.8, 4) is 0 Å². The van der Waals surface area contributed by atoms with Gasteiger partial charge >= 0.3 is 0 Å². The van der Waals surface area contributed by atoms with Gasteiger partial charge in [0.2, 0.25) is 0 Å². The van der Waals surface area contributed by atoms with Crippen molar-refractivity contribution in [2.24, 2.45) is 0 Å². The summed E-state index contributed by atoms with van der Waals surface area (Å²) in [6.07, 6.45) is 2.76. The number of fused-ring (bicyclic) bond motifs is 1. The van der Waals surface area contributed by atoms with Crippen LogP contribution < -0.4 is 10.6 Å². The van der Waals surface area contributed by atoms with Gasteiger partial charge in [0.15, 0.2) is 11.6 Å². The van der Waals surface area contributed by atoms with Gasteiger partial charge in [-0.25, -0.2) is 0 Å². The van der Waals surface area contributed by atoms with E-state index in [0.29, 0.717) is 35.3 Å². The molecular weight excluding hydrogens is 436 g/mol. The molecule has 1 aromatic heterocycles. The molecule has 5 nitrogen and oxygen atoms in total. The lowest BCUT2D eigenvalue weighted by Crippen LogP contribution is -2.26. The number of nitrogens with one attached hydrogen (secondary N) is 2. The lowest BCUT2D eigenvalue weighted by atomic mass is 9.79. The Kier molecular flexibility index (Phi) is 5.30. The van der Waals surface area contributed by atoms with Crippen LogP contribution in [0.2, 0.25) is 0 Å². The van der Waals surface area contributed by atoms with Gasteiger partial charge in [-0.2, -0.15) is 0 Å². The van der Waals surface area contributed by atoms with E-state index in [2.05, 4.69) is 22.8 Å². The standard InChI is InChI=1S/C30H24N2O3/c33-26-18-22(19-8-3-1-4-9-19)17-25-28(26)29(27-12-7-15-35-27)32-23-14-13-21(16-24(23)31-25)30(34)20-10-5-2-6-11-20/h1-16,22,29,31-32H,17-18H2/t22-,29+/m1/s1. The van der Waals surface area contributed by atoms with Crippen molar-refractivity contribution >= 4 is 22.9 Å². The smallest absolute Gasteiger partial charge is 0.193 e. The molecule has 0 radical (unpaired) electrons. The average molecular weight is 461 g/mol. The molecule has 172 valence electrons. The third-order valence-corrected chi connectivity index (χ3v) is 6.80. The maximum absolute atomic E-state index is 13.5. The Morgan fingerprint density at radius 2 is 1.57 bits per heavy atom. The number of carbonyl (C=O) groups is 2. The number of Topliss-reactive ketones (excluding diaryl/α,β-unsaturated/α-hetero) is 1. The summed E-state index contributed by atoms with van der Waals surface area (Å²) in [6.45, 7) is 0. The van der Waals surface area contributed by atoms with Gasteiger partial charge in [0, 0.05) is 28.8 Å². The monoisotopic (exact) mass is 460 g/mol. The fraction of sp³-hybridized carbons (Fsp3) is 0.133. The predicted octanol–water partition coefficient (Wildman–Crippen LogP) is 6.49. The summed E-state index contributed by atoms with van der Waals surface area (Å²) in [4.78, 5) is 26.7. The predicted molar refractivity (Wildman–Crippen MR) is 135 cm³/mol. The van der Waals surface area contributed by atoms with E-state index >= 15 is 0 Å². The summed E-state index contributed by atoms with van der Waals surface area (Å²) in [6, 6.07) is 28.3. The molecule has 35 heavy (non-hydrogen) atoms. The average Bonchev–Trinajstić information content (AvgIpc) is 3.38. The molecule has 0 bridgehead atoms. The summed E-state index contributed by atoms with van der Waals surface area (Å²) in [5.74, 6) is 0.819. The van der Waals surface area contributed by atoms with Crippen molar-refractivity contribution in [3.63, 3.8) is 0 Å². The number of hydrogen-bond acceptors (Lipinski definition) is 5. The van der Waals surface area contributed by atoms with Crippen molar-refractivity contribution in [3.05, 3.63) is 131 Å². The first-order valence-electron chi connectivity index (χ1n) is 11.8. The van der Waals surface area contributed by atoms with E-state index < -0.39 is 6.04 Å². The van der Waals surface area contributed by atoms with E-state index in [0.717, 1.165) is 22.6 Å². The van der Waals surface area contributed by atoms with Crippen LogP contribution >= 0.6 is 0 Å². The Morgan fingerprint density at radius 3 is 2.31 bits per heavy atom. The number of anilines is 2. The molecule has 2 aliphatic rings. The molecule has 1 aliphatic carbocycles. The molecule has 6 rings (SSSR count). The molecule has 0 saturated heterocycles. The summed E-state index contributed by atoms with van der Waals surface area (Å²) >= 11 is 0. The number of ketones is 2. The highest BCUT2D eigenvalue weighted by Crippen LogP contribution is 2.44. The third-order valence-electron chi connectivity index (χ3n) is 6.80. The minimum absolute atomic E-state index is 0.0434. The SMILES string of the molecule is O=C1C[C@H](c2ccccc2)CC2=C1[C@H](c1ccco1)Nc1ccc(C(=O)c3ccccc3)cc1N2. The van der Waals surface area contributed by atoms with E-state index in [1.165, 1.54) is 0 Å². The van der Waals surface area contributed by atoms with Gasteiger partial charge in [-0.15, -0.1) is 0 Å². The highest BCUT2D eigenvalue weighted by atomic mass is 16.3. The Bertz CT molecular complexity index is 1420. The van der Waals surface area contributed by atoms with Gasteiger partial charge in [0.05, 0.1) is 17.6 Å². The molecule has 3 aromatic carbocycles. The zero-order chi connectivity index (χ0) is 23.8. The molecule has 4 aromatic rings. The molecule has 0 amide bonds. The molecule has 0 spiro atoms. The van der Waals surface area contributed by atoms with E-state index in [-0.39, 0.29) is 17.5 Å². The third kappa shape index (κ3) is 3.95. The van der Waals surface area contributed by atoms with Crippen LogP contribution in [0.4, 0.5) is 11.4 Å². The van der Waals surface area contributed by atoms with Crippen LogP contribution in [0.25, 0.3) is 0 Å². The number of benzene rings is 3. The zero-order valence-corrected chi connectivity index (χ0v) is 19.0. The van der Waals surface area contributed by atoms with Crippen molar-refractivity contribution in [2.75, 3.05) is 10.6 Å². The minimum Gasteiger partial charge on any atom is -0.467 e. The van der Waals surface area contributed by atoms with Crippen molar-refractivity contribution in [1.29, 1.82) is 0 Å². The van der Waals surface area contributed by atoms with Crippen LogP contribution in [0.3, 0.4) is 0 Å². The summed E-state index contributed by atoms with van der Waals surface area (Å²) in [5.41, 5.74) is 5.52. The maximum atomic E-state index is 13.5. The van der Waals surface area contributed by atoms with Crippen LogP contribution in [0, 0.1) is 0 Å². The summed E-state index contributed by atoms with van der Waals surface area (Å²) < 4.78 is 5.74. The van der Waals surface area contributed by atoms with E-state index in [9.17, 15) is 9.59 Å². The Labute approximate surface area is 203 Å². The Balaban J connectivity index is 1.42. The van der Waals surface area contributed by atoms with Gasteiger partial charge in [-0.3, -0.25) is 9.59 Å². The van der Waals surface area contributed by atoms with Crippen molar-refractivity contribution < 1.29 is 14.0 Å². The maximum Gasteiger partial charge on any atom is 0.193 e. The number of furan rings is 1. The lowest BCUT2D eigenvalue weighted by molar-refractivity contribution is -0.116. The number of allylic oxidation sites excluding steroid dienone is 1. The highest BCUT2D eigenvalue weighted by Gasteiger charge is 2.37. The quantitative estimate of drug-likeness (QED) is 0.341. The molecule has 2 N–H and O–H groups in total. The lowest BCUT2D eigenvalue weighted by Gasteiger charge is -2.29. The first-order chi connectivity index (χ1) is 17.2. The molecular formula is C30H24N2O3. The molecule has 1 aliphatic heterocycles. The van der Waals surface area contributed by atoms with Crippen LogP contribution in [-0.2, 0) is 4.79 Å². The fourth-order valence-corrected chi connectivity index (χ4v) is 5.08. The van der Waals surface area contributed by atoms with E-state index in [4.69, 9.17) is 4.42 Å². The molecule has 2 heterocycles. The van der Waals surface area contributed by atoms with Crippen molar-refractivity contribution in [1.82, 2.24) is 0 Å². The Morgan fingerprint density at radius 1 is 0.800 bits per heavy atom. The normalized spacial score (nSPS) is 19.1. The van der Waals surface area contributed by atoms with Crippen LogP contribution in [0.15, 0.2) is 113 Å². The fourth-order valence-electron chi connectivity index (χ4n) is 5.08. The summed E-state index contributed by atoms with van der Waals surface area (Å²) in [7, 11) is 0. The Hall–Kier alpha value is -4.38. The van der Waals surface area contributed by atoms with Gasteiger partial charge < -0.3 is 15.1 Å². The minimum atomic E-state index is -0.409. The molecule has 0 unspecified atom stereocenters. The molecule has 2 atom stereocenters. The number of carbonyl (C=O) groups excluding carboxylic acids is 2. The first kappa shape index (κ1) is 21.2. The zero-order valence-electron chi connectivity index (χ0n) is 19.0. The van der Waals surface area contributed by atoms with Gasteiger partial charge in [-0.05, 0) is 48.2 Å². The number of hydrogen-bond donors (Lipinski definition) is 2. The first-order valence-corrected chi connectivity index (χ1v) is 11.8. The van der Waals surface area contributed by atoms with Crippen LogP contribution in [0.5, 0.6) is 0 Å². The molecule has 0 saturated carbocycles. The number of rotatable bonds is 4. The van der Waals surface area contributed by atoms with Gasteiger partial charge in [-0.1, -0.05) is 60.7 Å². The summed E-state index contributed by atoms with van der Waals surface area (Å²) in [5, 5.41) is 7.04. The molecule has 5 heteroatoms. The van der Waals surface area contributed by atoms with Crippen LogP contribution in [0.1, 0.15) is 52.0 Å². The second-order valence-corrected chi connectivity index (χ2v) is 9.00. The van der Waals surface area contributed by atoms with E-state index in [1.807, 2.05) is 78.9 Å². The molecule has 0 fully saturated rings. The van der Waals surface area contributed by atoms with Crippen molar-refractivity contribution in [2.45, 2.75) is 24.8 Å². The second kappa shape index (κ2) is 8.76. The highest BCUT2D eigenvalue weighted by molar-refractivity contribution is 6.10. The topological polar surface area (TPSA) is 71.3 Å². The van der Waals surface area contributed by atoms with Crippen LogP contribution in [-0.4, -0.2) is 11.6 Å². The van der Waals surface area contributed by atoms with Gasteiger partial charge in [0.1, 0.15) is 11.8 Å². The largest absolute Gasteiger partial charge is 0.467 e. The van der Waals surface area contributed by atoms with Gasteiger partial charge in [0.25, 0.3) is 0 Å². The second-order valence-electron chi connectivity index (χ2n) is 9.00.